The van der Waals surface area contributed by atoms with Crippen LogP contribution in [0.15, 0.2) is 70.9 Å². The molecular weight excluding hydrogens is 464 g/mol. The van der Waals surface area contributed by atoms with Crippen molar-refractivity contribution in [2.24, 2.45) is 0 Å². The molecule has 2 aromatic heterocycles. The maximum atomic E-state index is 13.2. The van der Waals surface area contributed by atoms with Gasteiger partial charge in [-0.3, -0.25) is 14.5 Å². The number of carbonyl (C=O) groups excluding carboxylic acids is 2. The number of thiazole rings is 1. The molecule has 9 heteroatoms. The average molecular weight is 481 g/mol. The van der Waals surface area contributed by atoms with Crippen molar-refractivity contribution in [3.63, 3.8) is 0 Å². The molecule has 0 aliphatic carbocycles. The molecule has 0 bridgehead atoms. The third-order valence-electron chi connectivity index (χ3n) is 5.22. The van der Waals surface area contributed by atoms with E-state index >= 15 is 0 Å². The molecule has 2 aromatic carbocycles. The fourth-order valence-corrected chi connectivity index (χ4v) is 5.06. The minimum atomic E-state index is -0.980. The van der Waals surface area contributed by atoms with Crippen molar-refractivity contribution in [1.29, 1.82) is 0 Å². The van der Waals surface area contributed by atoms with Crippen LogP contribution in [0.25, 0.3) is 16.0 Å². The van der Waals surface area contributed by atoms with Crippen LogP contribution < -0.4 is 9.64 Å². The number of nitrogens with zero attached hydrogens (tertiary/aromatic N) is 2. The summed E-state index contributed by atoms with van der Waals surface area (Å²) in [7, 11) is 0. The average Bonchev–Trinajstić information content (AvgIpc) is 3.52. The van der Waals surface area contributed by atoms with E-state index in [2.05, 4.69) is 4.98 Å². The van der Waals surface area contributed by atoms with E-state index in [4.69, 9.17) is 20.8 Å². The van der Waals surface area contributed by atoms with Crippen LogP contribution in [0.3, 0.4) is 0 Å². The number of aliphatic hydroxyl groups is 1. The normalized spacial score (nSPS) is 17.8. The number of Topliss-reactive ketones (excluding diaryl/α,β-unsaturated/α-hetero) is 1. The van der Waals surface area contributed by atoms with Gasteiger partial charge in [-0.2, -0.15) is 0 Å². The molecule has 1 unspecified atom stereocenters. The number of rotatable bonds is 5. The van der Waals surface area contributed by atoms with Gasteiger partial charge in [0.05, 0.1) is 28.7 Å². The lowest BCUT2D eigenvalue weighted by Crippen LogP contribution is -2.29. The van der Waals surface area contributed by atoms with E-state index in [1.165, 1.54) is 22.5 Å². The number of aliphatic hydroxyl groups excluding tert-OH is 1. The maximum absolute atomic E-state index is 13.2. The first kappa shape index (κ1) is 21.2. The van der Waals surface area contributed by atoms with Crippen molar-refractivity contribution in [2.75, 3.05) is 11.5 Å². The fraction of sp³-hybridized carbons (Fsp3) is 0.125. The van der Waals surface area contributed by atoms with Crippen LogP contribution in [0.1, 0.15) is 24.3 Å². The molecule has 1 atom stereocenters. The monoisotopic (exact) mass is 480 g/mol. The van der Waals surface area contributed by atoms with Crippen molar-refractivity contribution in [3.8, 4) is 5.75 Å². The van der Waals surface area contributed by atoms with Gasteiger partial charge in [0, 0.05) is 10.6 Å². The topological polar surface area (TPSA) is 92.9 Å². The Morgan fingerprint density at radius 1 is 1.21 bits per heavy atom. The quantitative estimate of drug-likeness (QED) is 0.228. The number of amides is 1. The molecular formula is C24H17ClN2O5S. The molecule has 0 saturated carbocycles. The smallest absolute Gasteiger partial charge is 0.302 e. The fourth-order valence-electron chi connectivity index (χ4n) is 3.79. The van der Waals surface area contributed by atoms with Crippen LogP contribution in [0, 0.1) is 0 Å². The molecule has 1 N–H and O–H groups in total. The summed E-state index contributed by atoms with van der Waals surface area (Å²) >= 11 is 7.32. The van der Waals surface area contributed by atoms with Crippen molar-refractivity contribution in [3.05, 3.63) is 82.8 Å². The van der Waals surface area contributed by atoms with Crippen molar-refractivity contribution >= 4 is 55.7 Å². The van der Waals surface area contributed by atoms with Crippen LogP contribution in [0.4, 0.5) is 5.13 Å². The van der Waals surface area contributed by atoms with Gasteiger partial charge in [-0.25, -0.2) is 4.98 Å². The summed E-state index contributed by atoms with van der Waals surface area (Å²) in [4.78, 5) is 32.1. The molecule has 0 spiro atoms. The zero-order valence-corrected chi connectivity index (χ0v) is 18.9. The number of anilines is 1. The third-order valence-corrected chi connectivity index (χ3v) is 6.47. The summed E-state index contributed by atoms with van der Waals surface area (Å²) in [6, 6.07) is 14.2. The summed E-state index contributed by atoms with van der Waals surface area (Å²) in [6.07, 6.45) is 1.45. The number of carbonyl (C=O) groups is 2. The van der Waals surface area contributed by atoms with E-state index in [-0.39, 0.29) is 11.3 Å². The standard InChI is InChI=1S/C24H17ClN2O5S/c1-2-31-15-6-3-5-13(11-15)21(28)19-20(17-7-4-10-32-17)27(23(30)22(19)29)24-26-16-9-8-14(25)12-18(16)33-24/h3-12,20,28H,2H2,1H3/b21-19+. The van der Waals surface area contributed by atoms with Crippen molar-refractivity contribution < 1.29 is 23.8 Å². The predicted molar refractivity (Wildman–Crippen MR) is 126 cm³/mol. The van der Waals surface area contributed by atoms with Gasteiger partial charge in [0.2, 0.25) is 0 Å². The molecule has 7 nitrogen and oxygen atoms in total. The first-order valence-electron chi connectivity index (χ1n) is 10.1. The zero-order valence-electron chi connectivity index (χ0n) is 17.3. The lowest BCUT2D eigenvalue weighted by molar-refractivity contribution is -0.132. The molecule has 1 fully saturated rings. The molecule has 5 rings (SSSR count). The van der Waals surface area contributed by atoms with Crippen LogP contribution >= 0.6 is 22.9 Å². The van der Waals surface area contributed by atoms with Gasteiger partial charge in [-0.05, 0) is 49.4 Å². The minimum Gasteiger partial charge on any atom is -0.507 e. The van der Waals surface area contributed by atoms with Crippen LogP contribution in [0.5, 0.6) is 5.75 Å². The van der Waals surface area contributed by atoms with E-state index in [9.17, 15) is 14.7 Å². The van der Waals surface area contributed by atoms with Gasteiger partial charge >= 0.3 is 5.91 Å². The van der Waals surface area contributed by atoms with Gasteiger partial charge in [0.1, 0.15) is 23.3 Å². The van der Waals surface area contributed by atoms with Crippen molar-refractivity contribution in [2.45, 2.75) is 13.0 Å². The van der Waals surface area contributed by atoms with Gasteiger partial charge in [-0.15, -0.1) is 0 Å². The molecule has 1 amide bonds. The Labute approximate surface area is 197 Å². The van der Waals surface area contributed by atoms with Crippen molar-refractivity contribution in [1.82, 2.24) is 4.98 Å². The Morgan fingerprint density at radius 2 is 2.06 bits per heavy atom. The van der Waals surface area contributed by atoms with Crippen LogP contribution in [-0.2, 0) is 9.59 Å². The summed E-state index contributed by atoms with van der Waals surface area (Å²) < 4.78 is 11.8. The van der Waals surface area contributed by atoms with E-state index < -0.39 is 17.7 Å². The Hall–Kier alpha value is -3.62. The van der Waals surface area contributed by atoms with Crippen LogP contribution in [-0.4, -0.2) is 28.4 Å². The summed E-state index contributed by atoms with van der Waals surface area (Å²) in [6.45, 7) is 2.29. The van der Waals surface area contributed by atoms with E-state index in [0.717, 1.165) is 4.70 Å². The first-order chi connectivity index (χ1) is 16.0. The van der Waals surface area contributed by atoms with E-state index in [0.29, 0.717) is 39.4 Å². The molecule has 1 saturated heterocycles. The number of halogens is 1. The van der Waals surface area contributed by atoms with Gasteiger partial charge in [0.15, 0.2) is 5.13 Å². The van der Waals surface area contributed by atoms with E-state index in [1.807, 2.05) is 6.92 Å². The van der Waals surface area contributed by atoms with Gasteiger partial charge in [-0.1, -0.05) is 35.1 Å². The number of furan rings is 1. The number of hydrogen-bond acceptors (Lipinski definition) is 7. The second kappa shape index (κ2) is 8.38. The Kier molecular flexibility index (Phi) is 5.39. The summed E-state index contributed by atoms with van der Waals surface area (Å²) in [5.74, 6) is -1.08. The number of ketones is 1. The van der Waals surface area contributed by atoms with Crippen LogP contribution in [0.2, 0.25) is 5.02 Å². The predicted octanol–water partition coefficient (Wildman–Crippen LogP) is 5.57. The molecule has 1 aliphatic rings. The number of benzene rings is 2. The lowest BCUT2D eigenvalue weighted by Gasteiger charge is -2.20. The molecule has 166 valence electrons. The Bertz CT molecular complexity index is 1410. The number of hydrogen-bond donors (Lipinski definition) is 1. The summed E-state index contributed by atoms with van der Waals surface area (Å²) in [5, 5.41) is 12.0. The highest BCUT2D eigenvalue weighted by Crippen LogP contribution is 2.44. The Morgan fingerprint density at radius 3 is 2.82 bits per heavy atom. The zero-order chi connectivity index (χ0) is 23.1. The molecule has 0 radical (unpaired) electrons. The maximum Gasteiger partial charge on any atom is 0.302 e. The third kappa shape index (κ3) is 3.67. The Balaban J connectivity index is 1.68. The molecule has 33 heavy (non-hydrogen) atoms. The molecule has 3 heterocycles. The highest BCUT2D eigenvalue weighted by molar-refractivity contribution is 7.22. The number of aromatic nitrogens is 1. The number of fused-ring (bicyclic) bond motifs is 1. The van der Waals surface area contributed by atoms with Gasteiger partial charge < -0.3 is 14.3 Å². The lowest BCUT2D eigenvalue weighted by atomic mass is 9.99. The second-order valence-electron chi connectivity index (χ2n) is 7.25. The number of ether oxygens (including phenoxy) is 1. The molecule has 1 aliphatic heterocycles. The summed E-state index contributed by atoms with van der Waals surface area (Å²) in [5.41, 5.74) is 0.913. The largest absolute Gasteiger partial charge is 0.507 e. The molecule has 4 aromatic rings. The van der Waals surface area contributed by atoms with E-state index in [1.54, 1.807) is 54.6 Å². The second-order valence-corrected chi connectivity index (χ2v) is 8.70. The highest BCUT2D eigenvalue weighted by Gasteiger charge is 2.49. The van der Waals surface area contributed by atoms with Gasteiger partial charge in [0.25, 0.3) is 5.78 Å². The minimum absolute atomic E-state index is 0.0825. The highest BCUT2D eigenvalue weighted by atomic mass is 35.5. The SMILES string of the molecule is CCOc1cccc(/C(O)=C2\C(=O)C(=O)N(c3nc4ccc(Cl)cc4s3)C2c2ccco2)c1. The first-order valence-corrected chi connectivity index (χ1v) is 11.3.